The molecule has 2 rings (SSSR count). The minimum atomic E-state index is -3.24. The largest absolute Gasteiger partial charge is 0.353 e. The molecule has 1 N–H and O–H groups in total. The van der Waals surface area contributed by atoms with Gasteiger partial charge in [0.05, 0.1) is 13.2 Å². The van der Waals surface area contributed by atoms with Gasteiger partial charge in [0.15, 0.2) is 0 Å². The molecule has 1 heterocycles. The van der Waals surface area contributed by atoms with Gasteiger partial charge in [-0.1, -0.05) is 6.08 Å². The summed E-state index contributed by atoms with van der Waals surface area (Å²) in [6.45, 7) is 6.20. The molecule has 1 fully saturated rings. The van der Waals surface area contributed by atoms with Crippen LogP contribution in [0.1, 0.15) is 32.3 Å². The molecule has 8 heteroatoms. The summed E-state index contributed by atoms with van der Waals surface area (Å²) in [5.74, 6) is 1.50. The summed E-state index contributed by atoms with van der Waals surface area (Å²) in [7, 11) is -3.24. The first-order valence-corrected chi connectivity index (χ1v) is 9.34. The molecule has 0 atom stereocenters. The highest BCUT2D eigenvalue weighted by atomic mass is 31.2. The first-order valence-electron chi connectivity index (χ1n) is 7.73. The van der Waals surface area contributed by atoms with E-state index in [1.54, 1.807) is 27.0 Å². The number of allylic oxidation sites excluding steroid dienone is 1. The number of aromatic amines is 1. The minimum absolute atomic E-state index is 0.238. The number of nitrogens with one attached hydrogen (secondary N) is 1. The summed E-state index contributed by atoms with van der Waals surface area (Å²) >= 11 is 0. The van der Waals surface area contributed by atoms with Crippen LogP contribution in [0.5, 0.6) is 0 Å². The first kappa shape index (κ1) is 17.9. The van der Waals surface area contributed by atoms with Crippen LogP contribution in [0.2, 0.25) is 0 Å². The van der Waals surface area contributed by atoms with Gasteiger partial charge in [0.2, 0.25) is 0 Å². The Morgan fingerprint density at radius 1 is 1.30 bits per heavy atom. The molecule has 0 aliphatic heterocycles. The molecule has 0 amide bonds. The van der Waals surface area contributed by atoms with Gasteiger partial charge in [-0.05, 0) is 33.6 Å². The van der Waals surface area contributed by atoms with E-state index >= 15 is 0 Å². The second-order valence-corrected chi connectivity index (χ2v) is 7.65. The smallest absolute Gasteiger partial charge is 0.306 e. The molecule has 1 aromatic heterocycles. The van der Waals surface area contributed by atoms with Crippen molar-refractivity contribution >= 4 is 7.60 Å². The van der Waals surface area contributed by atoms with Gasteiger partial charge in [-0.25, -0.2) is 4.79 Å². The standard InChI is InChI=1S/C15H23N2O5P/c1-4-21-23(20,22-5-2)9-8-15(6-7-15)11-17-10-12(3)13(18)16-14(17)19/h8-10H,4-7,11H2,1-3H3,(H,16,18,19). The van der Waals surface area contributed by atoms with E-state index < -0.39 is 13.3 Å². The van der Waals surface area contributed by atoms with Crippen LogP contribution >= 0.6 is 7.60 Å². The van der Waals surface area contributed by atoms with Crippen molar-refractivity contribution in [3.8, 4) is 0 Å². The second-order valence-electron chi connectivity index (χ2n) is 5.75. The third-order valence-electron chi connectivity index (χ3n) is 3.80. The van der Waals surface area contributed by atoms with Crippen LogP contribution in [0.25, 0.3) is 0 Å². The van der Waals surface area contributed by atoms with Crippen molar-refractivity contribution in [3.63, 3.8) is 0 Å². The number of hydrogen-bond donors (Lipinski definition) is 1. The molecular weight excluding hydrogens is 319 g/mol. The van der Waals surface area contributed by atoms with E-state index in [0.29, 0.717) is 25.3 Å². The molecule has 128 valence electrons. The third-order valence-corrected chi connectivity index (χ3v) is 5.55. The van der Waals surface area contributed by atoms with Crippen molar-refractivity contribution in [3.05, 3.63) is 44.5 Å². The molecule has 0 unspecified atom stereocenters. The number of aryl methyl sites for hydroxylation is 1. The van der Waals surface area contributed by atoms with E-state index in [1.165, 1.54) is 10.4 Å². The fourth-order valence-electron chi connectivity index (χ4n) is 2.35. The number of aromatic nitrogens is 2. The molecule has 23 heavy (non-hydrogen) atoms. The average molecular weight is 342 g/mol. The fraction of sp³-hybridized carbons (Fsp3) is 0.600. The molecule has 0 radical (unpaired) electrons. The van der Waals surface area contributed by atoms with Crippen LogP contribution < -0.4 is 11.2 Å². The van der Waals surface area contributed by atoms with Gasteiger partial charge in [0.25, 0.3) is 5.56 Å². The first-order chi connectivity index (χ1) is 10.8. The zero-order chi connectivity index (χ0) is 17.1. The highest BCUT2D eigenvalue weighted by molar-refractivity contribution is 7.57. The number of nitrogens with zero attached hydrogens (tertiary/aromatic N) is 1. The van der Waals surface area contributed by atoms with Gasteiger partial charge in [-0.3, -0.25) is 18.9 Å². The predicted molar refractivity (Wildman–Crippen MR) is 87.7 cm³/mol. The Balaban J connectivity index is 2.19. The molecule has 1 saturated carbocycles. The van der Waals surface area contributed by atoms with Gasteiger partial charge < -0.3 is 9.05 Å². The van der Waals surface area contributed by atoms with Gasteiger partial charge in [0.1, 0.15) is 0 Å². The van der Waals surface area contributed by atoms with E-state index in [2.05, 4.69) is 4.98 Å². The molecule has 1 aliphatic carbocycles. The zero-order valence-electron chi connectivity index (χ0n) is 13.7. The summed E-state index contributed by atoms with van der Waals surface area (Å²) in [5, 5.41) is 0. The lowest BCUT2D eigenvalue weighted by Gasteiger charge is -2.16. The molecule has 0 bridgehead atoms. The van der Waals surface area contributed by atoms with Crippen LogP contribution in [0, 0.1) is 12.3 Å². The predicted octanol–water partition coefficient (Wildman–Crippen LogP) is 2.41. The van der Waals surface area contributed by atoms with Gasteiger partial charge in [0, 0.05) is 29.5 Å². The molecule has 0 spiro atoms. The van der Waals surface area contributed by atoms with Crippen molar-refractivity contribution < 1.29 is 13.6 Å². The van der Waals surface area contributed by atoms with Crippen molar-refractivity contribution in [2.75, 3.05) is 13.2 Å². The maximum atomic E-state index is 12.5. The van der Waals surface area contributed by atoms with E-state index in [-0.39, 0.29) is 11.0 Å². The molecule has 0 aromatic carbocycles. The summed E-state index contributed by atoms with van der Waals surface area (Å²) in [6.07, 6.45) is 5.14. The SMILES string of the molecule is CCOP(=O)(C=CC1(Cn2cc(C)c(=O)[nH]c2=O)CC1)OCC. The summed E-state index contributed by atoms with van der Waals surface area (Å²) in [4.78, 5) is 25.6. The van der Waals surface area contributed by atoms with Crippen LogP contribution in [-0.4, -0.2) is 22.8 Å². The summed E-state index contributed by atoms with van der Waals surface area (Å²) in [5.41, 5.74) is -0.557. The Morgan fingerprint density at radius 2 is 1.91 bits per heavy atom. The Labute approximate surface area is 134 Å². The maximum absolute atomic E-state index is 12.5. The number of H-pyrrole nitrogens is 1. The van der Waals surface area contributed by atoms with Gasteiger partial charge >= 0.3 is 13.3 Å². The molecule has 1 aliphatic rings. The summed E-state index contributed by atoms with van der Waals surface area (Å²) < 4.78 is 24.4. The van der Waals surface area contributed by atoms with E-state index in [4.69, 9.17) is 9.05 Å². The third kappa shape index (κ3) is 4.53. The number of hydrogen-bond acceptors (Lipinski definition) is 5. The van der Waals surface area contributed by atoms with Crippen molar-refractivity contribution in [1.29, 1.82) is 0 Å². The zero-order valence-corrected chi connectivity index (χ0v) is 14.6. The average Bonchev–Trinajstić information content (AvgIpc) is 3.24. The highest BCUT2D eigenvalue weighted by Gasteiger charge is 2.41. The number of rotatable bonds is 8. The second kappa shape index (κ2) is 6.99. The van der Waals surface area contributed by atoms with Crippen LogP contribution in [0.15, 0.2) is 27.7 Å². The Hall–Kier alpha value is -1.43. The summed E-state index contributed by atoms with van der Waals surface area (Å²) in [6, 6.07) is 0. The minimum Gasteiger partial charge on any atom is -0.306 e. The van der Waals surface area contributed by atoms with Crippen molar-refractivity contribution in [1.82, 2.24) is 9.55 Å². The Kier molecular flexibility index (Phi) is 5.45. The molecule has 7 nitrogen and oxygen atoms in total. The van der Waals surface area contributed by atoms with E-state index in [0.717, 1.165) is 12.8 Å². The van der Waals surface area contributed by atoms with E-state index in [9.17, 15) is 14.2 Å². The van der Waals surface area contributed by atoms with E-state index in [1.807, 2.05) is 6.08 Å². The highest BCUT2D eigenvalue weighted by Crippen LogP contribution is 2.55. The van der Waals surface area contributed by atoms with Gasteiger partial charge in [-0.2, -0.15) is 0 Å². The van der Waals surface area contributed by atoms with Crippen LogP contribution in [-0.2, 0) is 20.2 Å². The quantitative estimate of drug-likeness (QED) is 0.733. The lowest BCUT2D eigenvalue weighted by Crippen LogP contribution is -2.32. The molecular formula is C15H23N2O5P. The molecule has 1 aromatic rings. The lowest BCUT2D eigenvalue weighted by atomic mass is 10.1. The Morgan fingerprint density at radius 3 is 2.43 bits per heavy atom. The maximum Gasteiger partial charge on any atom is 0.353 e. The lowest BCUT2D eigenvalue weighted by molar-refractivity contribution is 0.228. The Bertz CT molecular complexity index is 735. The topological polar surface area (TPSA) is 90.4 Å². The van der Waals surface area contributed by atoms with Gasteiger partial charge in [-0.15, -0.1) is 0 Å². The van der Waals surface area contributed by atoms with Crippen LogP contribution in [0.4, 0.5) is 0 Å². The van der Waals surface area contributed by atoms with Crippen LogP contribution in [0.3, 0.4) is 0 Å². The fourth-order valence-corrected chi connectivity index (χ4v) is 3.81. The van der Waals surface area contributed by atoms with Crippen molar-refractivity contribution in [2.24, 2.45) is 5.41 Å². The monoisotopic (exact) mass is 342 g/mol. The molecule has 0 saturated heterocycles. The normalized spacial score (nSPS) is 16.8. The van der Waals surface area contributed by atoms with Crippen molar-refractivity contribution in [2.45, 2.75) is 40.2 Å².